The molecule has 0 radical (unpaired) electrons. The third-order valence-electron chi connectivity index (χ3n) is 3.53. The predicted molar refractivity (Wildman–Crippen MR) is 90.4 cm³/mol. The van der Waals surface area contributed by atoms with Crippen LogP contribution in [0.25, 0.3) is 0 Å². The molecule has 1 unspecified atom stereocenters. The van der Waals surface area contributed by atoms with E-state index in [-0.39, 0.29) is 16.9 Å². The maximum absolute atomic E-state index is 14.6. The van der Waals surface area contributed by atoms with E-state index in [0.717, 1.165) is 18.5 Å². The van der Waals surface area contributed by atoms with Crippen LogP contribution in [0.2, 0.25) is 5.02 Å². The minimum Gasteiger partial charge on any atom is -0.306 e. The molecule has 1 N–H and O–H groups in total. The molecule has 0 fully saturated rings. The van der Waals surface area contributed by atoms with Crippen molar-refractivity contribution in [1.82, 2.24) is 5.32 Å². The van der Waals surface area contributed by atoms with E-state index in [1.165, 1.54) is 5.56 Å². The zero-order chi connectivity index (χ0) is 15.4. The molecule has 0 saturated heterocycles. The number of hydrogen-bond acceptors (Lipinski definition) is 1. The van der Waals surface area contributed by atoms with Gasteiger partial charge in [0.1, 0.15) is 5.82 Å². The van der Waals surface area contributed by atoms with Gasteiger partial charge in [-0.05, 0) is 46.1 Å². The van der Waals surface area contributed by atoms with Crippen molar-refractivity contribution in [2.75, 3.05) is 6.54 Å². The molecule has 2 aromatic carbocycles. The van der Waals surface area contributed by atoms with Crippen molar-refractivity contribution in [1.29, 1.82) is 0 Å². The Balaban J connectivity index is 2.56. The molecule has 0 bridgehead atoms. The van der Waals surface area contributed by atoms with Gasteiger partial charge in [0.15, 0.2) is 0 Å². The topological polar surface area (TPSA) is 12.0 Å². The van der Waals surface area contributed by atoms with Gasteiger partial charge in [0.25, 0.3) is 0 Å². The summed E-state index contributed by atoms with van der Waals surface area (Å²) in [5, 5.41) is 3.49. The van der Waals surface area contributed by atoms with Crippen LogP contribution in [0.4, 0.5) is 4.39 Å². The normalized spacial score (nSPS) is 12.4. The highest BCUT2D eigenvalue weighted by Gasteiger charge is 2.21. The highest BCUT2D eigenvalue weighted by atomic mass is 79.9. The number of benzene rings is 2. The molecule has 0 amide bonds. The van der Waals surface area contributed by atoms with E-state index in [1.807, 2.05) is 25.1 Å². The average Bonchev–Trinajstić information content (AvgIpc) is 2.51. The second-order valence-corrected chi connectivity index (χ2v) is 6.04. The van der Waals surface area contributed by atoms with E-state index >= 15 is 0 Å². The first-order valence-corrected chi connectivity index (χ1v) is 8.21. The van der Waals surface area contributed by atoms with Crippen LogP contribution >= 0.6 is 27.5 Å². The van der Waals surface area contributed by atoms with Gasteiger partial charge in [0, 0.05) is 10.0 Å². The number of halogens is 3. The molecular formula is C17H18BrClFN. The Morgan fingerprint density at radius 2 is 1.86 bits per heavy atom. The Morgan fingerprint density at radius 1 is 1.14 bits per heavy atom. The standard InChI is InChI=1S/C17H18BrClFN/c1-3-11-7-5-6-8-12(11)17(21-4-2)13-9-10-14(18)15(19)16(13)20/h5-10,17,21H,3-4H2,1-2H3. The SMILES string of the molecule is CCNC(c1ccccc1CC)c1ccc(Br)c(Cl)c1F. The summed E-state index contributed by atoms with van der Waals surface area (Å²) in [5.41, 5.74) is 2.88. The number of nitrogens with one attached hydrogen (secondary N) is 1. The molecule has 2 aromatic rings. The molecule has 0 aliphatic heterocycles. The van der Waals surface area contributed by atoms with Crippen LogP contribution in [0.1, 0.15) is 36.6 Å². The summed E-state index contributed by atoms with van der Waals surface area (Å²) >= 11 is 9.30. The quantitative estimate of drug-likeness (QED) is 0.685. The van der Waals surface area contributed by atoms with Gasteiger partial charge in [0.05, 0.1) is 11.1 Å². The maximum Gasteiger partial charge on any atom is 0.148 e. The Morgan fingerprint density at radius 3 is 2.52 bits per heavy atom. The first-order valence-electron chi connectivity index (χ1n) is 7.04. The molecule has 4 heteroatoms. The fourth-order valence-electron chi connectivity index (χ4n) is 2.49. The zero-order valence-electron chi connectivity index (χ0n) is 12.1. The van der Waals surface area contributed by atoms with E-state index in [4.69, 9.17) is 11.6 Å². The second kappa shape index (κ2) is 7.39. The number of hydrogen-bond donors (Lipinski definition) is 1. The van der Waals surface area contributed by atoms with Gasteiger partial charge in [-0.3, -0.25) is 0 Å². The fraction of sp³-hybridized carbons (Fsp3) is 0.294. The Hall–Kier alpha value is -0.900. The van der Waals surface area contributed by atoms with Crippen LogP contribution in [0.3, 0.4) is 0 Å². The smallest absolute Gasteiger partial charge is 0.148 e. The highest BCUT2D eigenvalue weighted by molar-refractivity contribution is 9.10. The van der Waals surface area contributed by atoms with Gasteiger partial charge in [-0.1, -0.05) is 55.8 Å². The summed E-state index contributed by atoms with van der Waals surface area (Å²) in [4.78, 5) is 0. The van der Waals surface area contributed by atoms with E-state index in [1.54, 1.807) is 12.1 Å². The van der Waals surface area contributed by atoms with E-state index in [9.17, 15) is 4.39 Å². The van der Waals surface area contributed by atoms with Crippen LogP contribution in [-0.2, 0) is 6.42 Å². The molecule has 1 nitrogen and oxygen atoms in total. The Bertz CT molecular complexity index is 630. The van der Waals surface area contributed by atoms with E-state index in [2.05, 4.69) is 34.2 Å². The van der Waals surface area contributed by atoms with Gasteiger partial charge >= 0.3 is 0 Å². The Kier molecular flexibility index (Phi) is 5.80. The van der Waals surface area contributed by atoms with Crippen molar-refractivity contribution >= 4 is 27.5 Å². The summed E-state index contributed by atoms with van der Waals surface area (Å²) in [6.07, 6.45) is 0.907. The van der Waals surface area contributed by atoms with Crippen LogP contribution in [0.5, 0.6) is 0 Å². The van der Waals surface area contributed by atoms with Crippen molar-refractivity contribution in [2.24, 2.45) is 0 Å². The van der Waals surface area contributed by atoms with Crippen LogP contribution in [0.15, 0.2) is 40.9 Å². The zero-order valence-corrected chi connectivity index (χ0v) is 14.4. The maximum atomic E-state index is 14.6. The van der Waals surface area contributed by atoms with Gasteiger partial charge < -0.3 is 5.32 Å². The van der Waals surface area contributed by atoms with Crippen LogP contribution in [0, 0.1) is 5.82 Å². The molecule has 0 heterocycles. The molecule has 112 valence electrons. The van der Waals surface area contributed by atoms with E-state index in [0.29, 0.717) is 10.0 Å². The molecule has 0 aliphatic carbocycles. The van der Waals surface area contributed by atoms with Gasteiger partial charge in [-0.25, -0.2) is 4.39 Å². The van der Waals surface area contributed by atoms with Gasteiger partial charge in [-0.15, -0.1) is 0 Å². The lowest BCUT2D eigenvalue weighted by molar-refractivity contribution is 0.556. The molecule has 0 spiro atoms. The molecule has 0 aliphatic rings. The third-order valence-corrected chi connectivity index (χ3v) is 4.79. The summed E-state index contributed by atoms with van der Waals surface area (Å²) < 4.78 is 15.1. The molecule has 0 aromatic heterocycles. The molecular weight excluding hydrogens is 353 g/mol. The second-order valence-electron chi connectivity index (χ2n) is 4.81. The number of rotatable bonds is 5. The molecule has 2 rings (SSSR count). The van der Waals surface area contributed by atoms with Crippen molar-refractivity contribution < 1.29 is 4.39 Å². The van der Waals surface area contributed by atoms with Crippen LogP contribution in [-0.4, -0.2) is 6.54 Å². The number of aryl methyl sites for hydroxylation is 1. The largest absolute Gasteiger partial charge is 0.306 e. The highest BCUT2D eigenvalue weighted by Crippen LogP contribution is 2.34. The minimum atomic E-state index is -0.372. The van der Waals surface area contributed by atoms with Crippen molar-refractivity contribution in [3.8, 4) is 0 Å². The van der Waals surface area contributed by atoms with Crippen molar-refractivity contribution in [3.05, 3.63) is 68.4 Å². The Labute approximate surface area is 138 Å². The molecule has 0 saturated carbocycles. The lowest BCUT2D eigenvalue weighted by Crippen LogP contribution is -2.24. The first-order chi connectivity index (χ1) is 10.1. The van der Waals surface area contributed by atoms with Crippen LogP contribution < -0.4 is 5.32 Å². The monoisotopic (exact) mass is 369 g/mol. The lowest BCUT2D eigenvalue weighted by Gasteiger charge is -2.22. The predicted octanol–water partition coefficient (Wildman–Crippen LogP) is 5.50. The summed E-state index contributed by atoms with van der Waals surface area (Å²) in [6, 6.07) is 11.5. The first kappa shape index (κ1) is 16.5. The van der Waals surface area contributed by atoms with Gasteiger partial charge in [0.2, 0.25) is 0 Å². The van der Waals surface area contributed by atoms with Gasteiger partial charge in [-0.2, -0.15) is 0 Å². The third kappa shape index (κ3) is 3.47. The summed E-state index contributed by atoms with van der Waals surface area (Å²) in [7, 11) is 0. The lowest BCUT2D eigenvalue weighted by atomic mass is 9.93. The van der Waals surface area contributed by atoms with Crippen molar-refractivity contribution in [3.63, 3.8) is 0 Å². The summed E-state index contributed by atoms with van der Waals surface area (Å²) in [5.74, 6) is -0.372. The molecule has 1 atom stereocenters. The van der Waals surface area contributed by atoms with Crippen molar-refractivity contribution in [2.45, 2.75) is 26.3 Å². The molecule has 21 heavy (non-hydrogen) atoms. The minimum absolute atomic E-state index is 0.129. The van der Waals surface area contributed by atoms with E-state index < -0.39 is 0 Å². The average molecular weight is 371 g/mol. The fourth-order valence-corrected chi connectivity index (χ4v) is 2.97. The summed E-state index contributed by atoms with van der Waals surface area (Å²) in [6.45, 7) is 4.86.